The molecule has 21 heavy (non-hydrogen) atoms. The van der Waals surface area contributed by atoms with Gasteiger partial charge in [0.1, 0.15) is 11.6 Å². The summed E-state index contributed by atoms with van der Waals surface area (Å²) in [5.74, 6) is 0. The lowest BCUT2D eigenvalue weighted by atomic mass is 10.1. The first-order valence-corrected chi connectivity index (χ1v) is 6.47. The van der Waals surface area contributed by atoms with Crippen LogP contribution in [0.25, 0.3) is 27.6 Å². The third-order valence-corrected chi connectivity index (χ3v) is 3.43. The molecule has 0 bridgehead atoms. The van der Waals surface area contributed by atoms with Crippen LogP contribution in [0, 0.1) is 11.3 Å². The Kier molecular flexibility index (Phi) is 2.42. The maximum Gasteiger partial charge on any atom is 0.113 e. The zero-order valence-electron chi connectivity index (χ0n) is 10.9. The van der Waals surface area contributed by atoms with Crippen molar-refractivity contribution >= 4 is 21.9 Å². The summed E-state index contributed by atoms with van der Waals surface area (Å²) in [7, 11) is 0. The van der Waals surface area contributed by atoms with Crippen molar-refractivity contribution in [3.05, 3.63) is 60.3 Å². The molecule has 4 rings (SSSR count). The van der Waals surface area contributed by atoms with Crippen molar-refractivity contribution in [3.63, 3.8) is 0 Å². The van der Waals surface area contributed by atoms with Gasteiger partial charge in [-0.05, 0) is 18.2 Å². The maximum atomic E-state index is 9.40. The zero-order chi connectivity index (χ0) is 14.2. The lowest BCUT2D eigenvalue weighted by molar-refractivity contribution is 0.826. The van der Waals surface area contributed by atoms with Crippen molar-refractivity contribution in [2.75, 3.05) is 0 Å². The highest BCUT2D eigenvalue weighted by molar-refractivity contribution is 5.91. The summed E-state index contributed by atoms with van der Waals surface area (Å²) in [4.78, 5) is 4.32. The fourth-order valence-electron chi connectivity index (χ4n) is 2.47. The minimum absolute atomic E-state index is 0.476. The normalized spacial score (nSPS) is 10.8. The molecule has 0 radical (unpaired) electrons. The number of nitrogens with zero attached hydrogens (tertiary/aromatic N) is 5. The van der Waals surface area contributed by atoms with Crippen LogP contribution in [0.3, 0.4) is 0 Å². The van der Waals surface area contributed by atoms with E-state index in [4.69, 9.17) is 0 Å². The number of benzene rings is 2. The Hall–Kier alpha value is -3.26. The molecule has 4 aromatic rings. The average molecular weight is 271 g/mol. The molecule has 0 saturated heterocycles. The molecular weight excluding hydrogens is 262 g/mol. The topological polar surface area (TPSA) is 67.4 Å². The Morgan fingerprint density at radius 3 is 2.57 bits per heavy atom. The van der Waals surface area contributed by atoms with Gasteiger partial charge in [0.05, 0.1) is 22.3 Å². The van der Waals surface area contributed by atoms with E-state index in [9.17, 15) is 5.26 Å². The van der Waals surface area contributed by atoms with E-state index in [0.717, 1.165) is 27.6 Å². The second-order valence-corrected chi connectivity index (χ2v) is 4.64. The van der Waals surface area contributed by atoms with Gasteiger partial charge in [-0.15, -0.1) is 5.10 Å². The molecule has 98 valence electrons. The first-order valence-electron chi connectivity index (χ1n) is 6.47. The summed E-state index contributed by atoms with van der Waals surface area (Å²) in [6, 6.07) is 17.6. The Bertz CT molecular complexity index is 1010. The maximum absolute atomic E-state index is 9.40. The van der Waals surface area contributed by atoms with Crippen LogP contribution in [0.5, 0.6) is 0 Å². The number of hydrogen-bond donors (Lipinski definition) is 0. The van der Waals surface area contributed by atoms with E-state index in [-0.39, 0.29) is 0 Å². The van der Waals surface area contributed by atoms with Crippen molar-refractivity contribution in [2.24, 2.45) is 0 Å². The van der Waals surface area contributed by atoms with Crippen LogP contribution < -0.4 is 0 Å². The van der Waals surface area contributed by atoms with Gasteiger partial charge in [-0.25, -0.2) is 4.68 Å². The molecule has 0 aliphatic rings. The van der Waals surface area contributed by atoms with E-state index in [1.807, 2.05) is 48.5 Å². The van der Waals surface area contributed by atoms with Crippen molar-refractivity contribution in [3.8, 4) is 11.8 Å². The van der Waals surface area contributed by atoms with Crippen molar-refractivity contribution in [2.45, 2.75) is 0 Å². The quantitative estimate of drug-likeness (QED) is 0.534. The van der Waals surface area contributed by atoms with Gasteiger partial charge in [-0.1, -0.05) is 35.5 Å². The Balaban J connectivity index is 2.17. The van der Waals surface area contributed by atoms with Crippen LogP contribution in [-0.2, 0) is 0 Å². The number of aromatic nitrogens is 4. The minimum atomic E-state index is 0.476. The number of hydrogen-bond acceptors (Lipinski definition) is 4. The molecule has 2 aromatic heterocycles. The van der Waals surface area contributed by atoms with Gasteiger partial charge in [-0.2, -0.15) is 5.26 Å². The van der Waals surface area contributed by atoms with Crippen LogP contribution in [0.1, 0.15) is 5.56 Å². The number of pyridine rings is 1. The highest BCUT2D eigenvalue weighted by Crippen LogP contribution is 2.26. The van der Waals surface area contributed by atoms with Gasteiger partial charge in [0.15, 0.2) is 0 Å². The fourth-order valence-corrected chi connectivity index (χ4v) is 2.47. The molecule has 0 aliphatic heterocycles. The number of para-hydroxylation sites is 2. The second kappa shape index (κ2) is 4.39. The third-order valence-electron chi connectivity index (χ3n) is 3.43. The average Bonchev–Trinajstić information content (AvgIpc) is 2.97. The number of nitriles is 1. The summed E-state index contributed by atoms with van der Waals surface area (Å²) in [6.45, 7) is 0. The lowest BCUT2D eigenvalue weighted by Crippen LogP contribution is -2.02. The Labute approximate surface area is 120 Å². The van der Waals surface area contributed by atoms with Crippen LogP contribution in [0.15, 0.2) is 54.7 Å². The predicted octanol–water partition coefficient (Wildman–Crippen LogP) is 2.84. The fraction of sp³-hybridized carbons (Fsp3) is 0. The van der Waals surface area contributed by atoms with E-state index in [1.54, 1.807) is 10.9 Å². The lowest BCUT2D eigenvalue weighted by Gasteiger charge is -2.08. The number of rotatable bonds is 1. The van der Waals surface area contributed by atoms with Crippen molar-refractivity contribution in [1.29, 1.82) is 5.26 Å². The van der Waals surface area contributed by atoms with Crippen LogP contribution >= 0.6 is 0 Å². The molecule has 5 nitrogen and oxygen atoms in total. The van der Waals surface area contributed by atoms with Crippen LogP contribution in [0.4, 0.5) is 0 Å². The first kappa shape index (κ1) is 11.6. The van der Waals surface area contributed by atoms with E-state index in [1.165, 1.54) is 0 Å². The van der Waals surface area contributed by atoms with Crippen LogP contribution in [-0.4, -0.2) is 20.0 Å². The van der Waals surface area contributed by atoms with Gasteiger partial charge in [-0.3, -0.25) is 4.98 Å². The third kappa shape index (κ3) is 1.66. The van der Waals surface area contributed by atoms with Gasteiger partial charge in [0, 0.05) is 11.6 Å². The molecule has 0 unspecified atom stereocenters. The number of fused-ring (bicyclic) bond motifs is 2. The molecular formula is C16H9N5. The summed E-state index contributed by atoms with van der Waals surface area (Å²) >= 11 is 0. The standard InChI is InChI=1S/C16H9N5/c17-9-11-10-18-13-6-2-1-5-12(13)16(11)21-15-8-4-3-7-14(15)19-20-21/h1-8,10H. The summed E-state index contributed by atoms with van der Waals surface area (Å²) in [5.41, 5.74) is 3.68. The molecule has 0 N–H and O–H groups in total. The SMILES string of the molecule is N#Cc1cnc2ccccc2c1-n1nnc2ccccc21. The monoisotopic (exact) mass is 271 g/mol. The molecule has 5 heteroatoms. The van der Waals surface area contributed by atoms with Gasteiger partial charge in [0.25, 0.3) is 0 Å². The Morgan fingerprint density at radius 2 is 1.71 bits per heavy atom. The van der Waals surface area contributed by atoms with E-state index in [2.05, 4.69) is 21.4 Å². The van der Waals surface area contributed by atoms with E-state index in [0.29, 0.717) is 5.56 Å². The highest BCUT2D eigenvalue weighted by atomic mass is 15.4. The van der Waals surface area contributed by atoms with Gasteiger partial charge in [0.2, 0.25) is 0 Å². The molecule has 0 spiro atoms. The Morgan fingerprint density at radius 1 is 0.952 bits per heavy atom. The molecule has 0 amide bonds. The predicted molar refractivity (Wildman–Crippen MR) is 78.9 cm³/mol. The second-order valence-electron chi connectivity index (χ2n) is 4.64. The smallest absolute Gasteiger partial charge is 0.113 e. The molecule has 0 saturated carbocycles. The highest BCUT2D eigenvalue weighted by Gasteiger charge is 2.14. The van der Waals surface area contributed by atoms with E-state index >= 15 is 0 Å². The van der Waals surface area contributed by atoms with E-state index < -0.39 is 0 Å². The summed E-state index contributed by atoms with van der Waals surface area (Å²) in [6.07, 6.45) is 1.58. The van der Waals surface area contributed by atoms with Gasteiger partial charge >= 0.3 is 0 Å². The zero-order valence-corrected chi connectivity index (χ0v) is 10.9. The van der Waals surface area contributed by atoms with Crippen molar-refractivity contribution < 1.29 is 0 Å². The molecule has 0 aliphatic carbocycles. The first-order chi connectivity index (χ1) is 10.4. The van der Waals surface area contributed by atoms with Crippen molar-refractivity contribution in [1.82, 2.24) is 20.0 Å². The molecule has 2 heterocycles. The molecule has 0 fully saturated rings. The minimum Gasteiger partial charge on any atom is -0.255 e. The summed E-state index contributed by atoms with van der Waals surface area (Å²) < 4.78 is 1.71. The molecule has 2 aromatic carbocycles. The molecule has 0 atom stereocenters. The van der Waals surface area contributed by atoms with Crippen LogP contribution in [0.2, 0.25) is 0 Å². The van der Waals surface area contributed by atoms with Gasteiger partial charge < -0.3 is 0 Å². The summed E-state index contributed by atoms with van der Waals surface area (Å²) in [5, 5.41) is 18.7. The largest absolute Gasteiger partial charge is 0.255 e.